The number of nitrogens with one attached hydrogen (secondary N) is 1. The molecule has 1 aromatic carbocycles. The Morgan fingerprint density at radius 3 is 2.75 bits per heavy atom. The molecule has 1 aliphatic heterocycles. The molecular weight excluding hydrogens is 325 g/mol. The van der Waals surface area contributed by atoms with Gasteiger partial charge in [0.25, 0.3) is 0 Å². The highest BCUT2D eigenvalue weighted by Gasteiger charge is 2.31. The zero-order valence-electron chi connectivity index (χ0n) is 10.8. The van der Waals surface area contributed by atoms with Crippen LogP contribution >= 0.6 is 35.6 Å². The number of benzene rings is 1. The summed E-state index contributed by atoms with van der Waals surface area (Å²) < 4.78 is 5.64. The molecule has 0 aliphatic carbocycles. The Bertz CT molecular complexity index is 433. The molecule has 114 valence electrons. The molecule has 0 spiro atoms. The van der Waals surface area contributed by atoms with Crippen molar-refractivity contribution in [2.75, 3.05) is 26.3 Å². The smallest absolute Gasteiger partial charge is 0.104 e. The van der Waals surface area contributed by atoms with Crippen LogP contribution in [-0.4, -0.2) is 48.7 Å². The molecule has 0 amide bonds. The van der Waals surface area contributed by atoms with E-state index < -0.39 is 12.2 Å². The van der Waals surface area contributed by atoms with Crippen LogP contribution in [-0.2, 0) is 4.74 Å². The molecule has 3 N–H and O–H groups in total. The Labute approximate surface area is 134 Å². The van der Waals surface area contributed by atoms with E-state index in [1.165, 1.54) is 0 Å². The van der Waals surface area contributed by atoms with Crippen molar-refractivity contribution in [1.29, 1.82) is 0 Å². The molecule has 3 atom stereocenters. The average Bonchev–Trinajstić information content (AvgIpc) is 2.66. The number of hydrogen-bond donors (Lipinski definition) is 3. The Morgan fingerprint density at radius 1 is 1.35 bits per heavy atom. The molecule has 2 rings (SSSR count). The van der Waals surface area contributed by atoms with Crippen LogP contribution in [0.2, 0.25) is 10.0 Å². The van der Waals surface area contributed by atoms with E-state index in [-0.39, 0.29) is 24.9 Å². The van der Waals surface area contributed by atoms with Crippen LogP contribution in [0.15, 0.2) is 18.2 Å². The van der Waals surface area contributed by atoms with Gasteiger partial charge in [-0.2, -0.15) is 0 Å². The van der Waals surface area contributed by atoms with Crippen molar-refractivity contribution in [3.05, 3.63) is 33.8 Å². The molecule has 1 fully saturated rings. The molecule has 20 heavy (non-hydrogen) atoms. The summed E-state index contributed by atoms with van der Waals surface area (Å²) >= 11 is 11.9. The summed E-state index contributed by atoms with van der Waals surface area (Å²) in [6.07, 6.45) is -1.38. The number of hydrogen-bond acceptors (Lipinski definition) is 4. The third kappa shape index (κ3) is 4.21. The molecule has 0 saturated carbocycles. The van der Waals surface area contributed by atoms with Gasteiger partial charge in [0.1, 0.15) is 6.10 Å². The molecule has 1 aromatic rings. The number of aliphatic hydroxyl groups excluding tert-OH is 2. The molecule has 7 heteroatoms. The quantitative estimate of drug-likeness (QED) is 0.784. The maximum atomic E-state index is 9.90. The van der Waals surface area contributed by atoms with E-state index in [0.29, 0.717) is 29.7 Å². The van der Waals surface area contributed by atoms with Crippen molar-refractivity contribution in [3.63, 3.8) is 0 Å². The fourth-order valence-electron chi connectivity index (χ4n) is 2.29. The summed E-state index contributed by atoms with van der Waals surface area (Å²) in [5.74, 6) is -0.0839. The van der Waals surface area contributed by atoms with Crippen LogP contribution in [0.3, 0.4) is 0 Å². The minimum Gasteiger partial charge on any atom is -0.394 e. The maximum Gasteiger partial charge on any atom is 0.104 e. The van der Waals surface area contributed by atoms with Gasteiger partial charge in [-0.25, -0.2) is 0 Å². The summed E-state index contributed by atoms with van der Waals surface area (Å²) in [5.41, 5.74) is 0.932. The second-order valence-corrected chi connectivity index (χ2v) is 5.38. The Hall–Kier alpha value is -0.0700. The lowest BCUT2D eigenvalue weighted by atomic mass is 9.90. The fourth-order valence-corrected chi connectivity index (χ4v) is 2.60. The van der Waals surface area contributed by atoms with E-state index in [0.717, 1.165) is 5.56 Å². The van der Waals surface area contributed by atoms with Gasteiger partial charge in [0.2, 0.25) is 0 Å². The predicted molar refractivity (Wildman–Crippen MR) is 82.2 cm³/mol. The minimum absolute atomic E-state index is 0. The van der Waals surface area contributed by atoms with Crippen LogP contribution in [0.1, 0.15) is 11.5 Å². The van der Waals surface area contributed by atoms with Crippen LogP contribution in [0.25, 0.3) is 0 Å². The van der Waals surface area contributed by atoms with Gasteiger partial charge >= 0.3 is 0 Å². The van der Waals surface area contributed by atoms with Crippen molar-refractivity contribution in [2.24, 2.45) is 0 Å². The maximum absolute atomic E-state index is 9.90. The average molecular weight is 343 g/mol. The van der Waals surface area contributed by atoms with E-state index in [2.05, 4.69) is 5.32 Å². The molecular formula is C13H18Cl3NO3. The van der Waals surface area contributed by atoms with Gasteiger partial charge in [-0.15, -0.1) is 12.4 Å². The summed E-state index contributed by atoms with van der Waals surface area (Å²) in [6.45, 7) is 1.54. The standard InChI is InChI=1S/C13H17Cl2NO3.ClH/c14-10-2-1-8(5-11(10)15)9-6-16-3-4-19-13(9)12(18)7-17;/h1-2,5,9,12-13,16-18H,3-4,6-7H2;1H/t9-,12+,13-;/m1./s1. The molecule has 1 aliphatic rings. The second kappa shape index (κ2) is 8.39. The molecule has 0 radical (unpaired) electrons. The number of ether oxygens (including phenoxy) is 1. The van der Waals surface area contributed by atoms with Gasteiger partial charge in [-0.05, 0) is 17.7 Å². The van der Waals surface area contributed by atoms with Crippen LogP contribution in [0, 0.1) is 0 Å². The third-order valence-corrected chi connectivity index (χ3v) is 4.03. The van der Waals surface area contributed by atoms with Gasteiger partial charge in [0.15, 0.2) is 0 Å². The lowest BCUT2D eigenvalue weighted by Gasteiger charge is -2.28. The zero-order chi connectivity index (χ0) is 13.8. The molecule has 1 saturated heterocycles. The van der Waals surface area contributed by atoms with Crippen molar-refractivity contribution in [1.82, 2.24) is 5.32 Å². The molecule has 1 heterocycles. The van der Waals surface area contributed by atoms with E-state index in [4.69, 9.17) is 33.0 Å². The van der Waals surface area contributed by atoms with Crippen LogP contribution in [0.4, 0.5) is 0 Å². The normalized spacial score (nSPS) is 24.6. The Balaban J connectivity index is 0.00000200. The first kappa shape index (κ1) is 18.0. The van der Waals surface area contributed by atoms with Crippen molar-refractivity contribution >= 4 is 35.6 Å². The van der Waals surface area contributed by atoms with E-state index >= 15 is 0 Å². The lowest BCUT2D eigenvalue weighted by Crippen LogP contribution is -2.38. The first-order chi connectivity index (χ1) is 9.13. The molecule has 0 bridgehead atoms. The number of halogens is 3. The Kier molecular flexibility index (Phi) is 7.54. The predicted octanol–water partition coefficient (Wildman–Crippen LogP) is 1.84. The molecule has 0 unspecified atom stereocenters. The monoisotopic (exact) mass is 341 g/mol. The van der Waals surface area contributed by atoms with Gasteiger partial charge in [-0.3, -0.25) is 0 Å². The van der Waals surface area contributed by atoms with E-state index in [1.807, 2.05) is 6.07 Å². The van der Waals surface area contributed by atoms with Crippen LogP contribution < -0.4 is 5.32 Å². The first-order valence-corrected chi connectivity index (χ1v) is 6.95. The van der Waals surface area contributed by atoms with E-state index in [9.17, 15) is 5.11 Å². The topological polar surface area (TPSA) is 61.7 Å². The largest absolute Gasteiger partial charge is 0.394 e. The number of aliphatic hydroxyl groups is 2. The lowest BCUT2D eigenvalue weighted by molar-refractivity contribution is -0.0609. The summed E-state index contributed by atoms with van der Waals surface area (Å²) in [7, 11) is 0. The van der Waals surface area contributed by atoms with Crippen molar-refractivity contribution in [2.45, 2.75) is 18.1 Å². The highest BCUT2D eigenvalue weighted by molar-refractivity contribution is 6.42. The molecule has 0 aromatic heterocycles. The summed E-state index contributed by atoms with van der Waals surface area (Å²) in [5, 5.41) is 23.3. The van der Waals surface area contributed by atoms with Gasteiger partial charge in [0, 0.05) is 19.0 Å². The summed E-state index contributed by atoms with van der Waals surface area (Å²) in [4.78, 5) is 0. The first-order valence-electron chi connectivity index (χ1n) is 6.19. The van der Waals surface area contributed by atoms with Crippen molar-refractivity contribution in [3.8, 4) is 0 Å². The SMILES string of the molecule is Cl.OC[C@H](O)[C@@H]1OCCNC[C@@H]1c1ccc(Cl)c(Cl)c1. The van der Waals surface area contributed by atoms with Gasteiger partial charge in [-0.1, -0.05) is 29.3 Å². The molecule has 4 nitrogen and oxygen atoms in total. The zero-order valence-corrected chi connectivity index (χ0v) is 13.1. The van der Waals surface area contributed by atoms with E-state index in [1.54, 1.807) is 12.1 Å². The van der Waals surface area contributed by atoms with Crippen molar-refractivity contribution < 1.29 is 14.9 Å². The van der Waals surface area contributed by atoms with Gasteiger partial charge < -0.3 is 20.3 Å². The van der Waals surface area contributed by atoms with Crippen LogP contribution in [0.5, 0.6) is 0 Å². The second-order valence-electron chi connectivity index (χ2n) is 4.57. The highest BCUT2D eigenvalue weighted by atomic mass is 35.5. The van der Waals surface area contributed by atoms with Gasteiger partial charge in [0.05, 0.1) is 29.4 Å². The fraction of sp³-hybridized carbons (Fsp3) is 0.538. The minimum atomic E-state index is -0.917. The Morgan fingerprint density at radius 2 is 2.10 bits per heavy atom. The third-order valence-electron chi connectivity index (χ3n) is 3.29. The number of rotatable bonds is 3. The highest BCUT2D eigenvalue weighted by Crippen LogP contribution is 2.30. The summed E-state index contributed by atoms with van der Waals surface area (Å²) in [6, 6.07) is 5.38.